The SMILES string of the molecule is CC(C)(C)c1ccc2c(c1)[CH]([Zr]([Cl])([Cl])(=[C](c1cc(CCl)cc(CCl)c1)c1cc(CCl)cc(CCl)c1)[CH]1C=CC=C1)c1cc(C(C)(C)C)ccc1-2. The Morgan fingerprint density at radius 3 is 1.22 bits per heavy atom. The van der Waals surface area contributed by atoms with Gasteiger partial charge in [0.2, 0.25) is 0 Å². The maximum absolute atomic E-state index is 8.92. The summed E-state index contributed by atoms with van der Waals surface area (Å²) in [5, 5.41) is 0. The van der Waals surface area contributed by atoms with E-state index >= 15 is 0 Å². The fraction of sp³-hybridized carbons (Fsp3) is 0.326. The molecule has 0 unspecified atom stereocenters. The standard InChI is InChI=1S/C21H25.C17H14Cl4.C5H5.2ClH.Zr/c1-20(2,3)16-7-9-18-14(12-16)11-15-13-17(21(4,5)6)8-10-19(15)18;18-8-14-2-12(3-15(6-14)9-19)1-13-4-16(10-20)7-17(5-13)11-21;1-2-4-5-3-1;;;/h7-13H,1-6H3;2-7H,8-11H2;1-5H;2*1H;/q;;;;;+2/p-2. The molecule has 0 aromatic heterocycles. The summed E-state index contributed by atoms with van der Waals surface area (Å²) in [7, 11) is 17.8. The molecule has 2 aliphatic rings. The van der Waals surface area contributed by atoms with Crippen LogP contribution in [0.25, 0.3) is 11.1 Å². The van der Waals surface area contributed by atoms with E-state index in [1.807, 2.05) is 0 Å². The molecule has 0 saturated carbocycles. The van der Waals surface area contributed by atoms with E-state index in [1.54, 1.807) is 0 Å². The summed E-state index contributed by atoms with van der Waals surface area (Å²) in [6.07, 6.45) is 8.61. The van der Waals surface area contributed by atoms with E-state index in [4.69, 9.17) is 63.4 Å². The fourth-order valence-electron chi connectivity index (χ4n) is 7.89. The van der Waals surface area contributed by atoms with Crippen LogP contribution < -0.4 is 0 Å². The molecule has 0 bridgehead atoms. The Bertz CT molecular complexity index is 1920. The summed E-state index contributed by atoms with van der Waals surface area (Å²) in [5.74, 6) is 1.32. The van der Waals surface area contributed by atoms with E-state index in [9.17, 15) is 0 Å². The predicted octanol–water partition coefficient (Wildman–Crippen LogP) is 14.5. The molecular formula is C43H44Cl6Zr. The van der Waals surface area contributed by atoms with Gasteiger partial charge in [-0.15, -0.1) is 0 Å². The van der Waals surface area contributed by atoms with Crippen molar-refractivity contribution in [3.8, 4) is 11.1 Å². The molecule has 7 heteroatoms. The van der Waals surface area contributed by atoms with Crippen molar-refractivity contribution in [3.05, 3.63) is 153 Å². The molecule has 0 amide bonds. The van der Waals surface area contributed by atoms with E-state index < -0.39 is 15.9 Å². The van der Waals surface area contributed by atoms with Crippen molar-refractivity contribution in [1.29, 1.82) is 0 Å². The van der Waals surface area contributed by atoms with Gasteiger partial charge in [0.05, 0.1) is 0 Å². The van der Waals surface area contributed by atoms with Gasteiger partial charge in [0.1, 0.15) is 0 Å². The van der Waals surface area contributed by atoms with Crippen molar-refractivity contribution < 1.29 is 15.9 Å². The van der Waals surface area contributed by atoms with Crippen molar-refractivity contribution in [2.24, 2.45) is 0 Å². The van der Waals surface area contributed by atoms with Gasteiger partial charge in [-0.1, -0.05) is 0 Å². The molecule has 0 atom stereocenters. The molecule has 2 aliphatic carbocycles. The first-order valence-corrected chi connectivity index (χ1v) is 29.7. The molecule has 0 fully saturated rings. The quantitative estimate of drug-likeness (QED) is 0.155. The number of benzene rings is 4. The normalized spacial score (nSPS) is 15.1. The van der Waals surface area contributed by atoms with Gasteiger partial charge in [0, 0.05) is 0 Å². The predicted molar refractivity (Wildman–Crippen MR) is 219 cm³/mol. The monoisotopic (exact) mass is 860 g/mol. The van der Waals surface area contributed by atoms with Crippen LogP contribution in [0.15, 0.2) is 97.1 Å². The number of hydrogen-bond acceptors (Lipinski definition) is 0. The van der Waals surface area contributed by atoms with Crippen LogP contribution in [0.1, 0.15) is 101 Å². The summed E-state index contributed by atoms with van der Waals surface area (Å²) < 4.78 is 0.479. The molecule has 0 spiro atoms. The molecule has 4 aromatic rings. The van der Waals surface area contributed by atoms with Crippen molar-refractivity contribution >= 4 is 66.6 Å². The summed E-state index contributed by atoms with van der Waals surface area (Å²) in [5.41, 5.74) is 12.8. The summed E-state index contributed by atoms with van der Waals surface area (Å²) in [4.78, 5) is 0. The second-order valence-electron chi connectivity index (χ2n) is 16.0. The van der Waals surface area contributed by atoms with Crippen LogP contribution in [0, 0.1) is 0 Å². The Kier molecular flexibility index (Phi) is 11.0. The Labute approximate surface area is 326 Å². The average molecular weight is 865 g/mol. The minimum atomic E-state index is -5.71. The van der Waals surface area contributed by atoms with Gasteiger partial charge >= 0.3 is 330 Å². The third-order valence-electron chi connectivity index (χ3n) is 10.4. The van der Waals surface area contributed by atoms with Gasteiger partial charge in [-0.05, 0) is 0 Å². The maximum atomic E-state index is 8.92. The fourth-order valence-corrected chi connectivity index (χ4v) is 27.7. The zero-order valence-electron chi connectivity index (χ0n) is 29.5. The van der Waals surface area contributed by atoms with Crippen LogP contribution in [-0.2, 0) is 50.3 Å². The zero-order chi connectivity index (χ0) is 36.2. The van der Waals surface area contributed by atoms with Gasteiger partial charge in [0.15, 0.2) is 0 Å². The minimum absolute atomic E-state index is 0.0809. The summed E-state index contributed by atoms with van der Waals surface area (Å²) >= 11 is 20.6. The summed E-state index contributed by atoms with van der Waals surface area (Å²) in [6.45, 7) is 13.5. The Morgan fingerprint density at radius 2 is 0.900 bits per heavy atom. The van der Waals surface area contributed by atoms with E-state index in [2.05, 4.69) is 139 Å². The van der Waals surface area contributed by atoms with Gasteiger partial charge < -0.3 is 0 Å². The van der Waals surface area contributed by atoms with Gasteiger partial charge in [-0.25, -0.2) is 0 Å². The molecule has 0 radical (unpaired) electrons. The van der Waals surface area contributed by atoms with Crippen LogP contribution in [0.2, 0.25) is 3.63 Å². The first kappa shape index (κ1) is 38.6. The van der Waals surface area contributed by atoms with E-state index in [1.165, 1.54) is 33.4 Å². The Morgan fingerprint density at radius 1 is 0.540 bits per heavy atom. The van der Waals surface area contributed by atoms with Crippen LogP contribution in [-0.4, -0.2) is 3.21 Å². The molecule has 0 heterocycles. The van der Waals surface area contributed by atoms with Crippen LogP contribution in [0.5, 0.6) is 0 Å². The summed E-state index contributed by atoms with van der Waals surface area (Å²) in [6, 6.07) is 26.6. The van der Waals surface area contributed by atoms with Gasteiger partial charge in [-0.2, -0.15) is 0 Å². The van der Waals surface area contributed by atoms with Gasteiger partial charge in [0.25, 0.3) is 0 Å². The first-order valence-electron chi connectivity index (χ1n) is 17.1. The van der Waals surface area contributed by atoms with Crippen molar-refractivity contribution in [3.63, 3.8) is 0 Å². The van der Waals surface area contributed by atoms with E-state index in [0.717, 1.165) is 36.6 Å². The third-order valence-corrected chi connectivity index (χ3v) is 31.3. The number of alkyl halides is 4. The molecule has 4 aromatic carbocycles. The molecular weight excluding hydrogens is 820 g/mol. The number of fused-ring (bicyclic) bond motifs is 3. The van der Waals surface area contributed by atoms with Crippen molar-refractivity contribution in [2.45, 2.75) is 83.1 Å². The van der Waals surface area contributed by atoms with Crippen LogP contribution in [0.4, 0.5) is 0 Å². The van der Waals surface area contributed by atoms with Crippen molar-refractivity contribution in [2.75, 3.05) is 0 Å². The van der Waals surface area contributed by atoms with Gasteiger partial charge in [-0.3, -0.25) is 0 Å². The van der Waals surface area contributed by atoms with Crippen molar-refractivity contribution in [1.82, 2.24) is 0 Å². The third kappa shape index (κ3) is 6.86. The number of rotatable bonds is 8. The molecule has 0 saturated heterocycles. The van der Waals surface area contributed by atoms with Crippen LogP contribution in [0.3, 0.4) is 0 Å². The molecule has 262 valence electrons. The average Bonchev–Trinajstić information content (AvgIpc) is 3.75. The molecule has 50 heavy (non-hydrogen) atoms. The first-order chi connectivity index (χ1) is 23.5. The molecule has 0 nitrogen and oxygen atoms in total. The topological polar surface area (TPSA) is 0 Å². The number of hydrogen-bond donors (Lipinski definition) is 0. The Balaban J connectivity index is 1.90. The second kappa shape index (κ2) is 14.3. The molecule has 6 rings (SSSR count). The molecule has 0 aliphatic heterocycles. The second-order valence-corrected chi connectivity index (χ2v) is 37.8. The number of halogens is 6. The van der Waals surface area contributed by atoms with E-state index in [-0.39, 0.29) is 18.1 Å². The Hall–Kier alpha value is -1.15. The van der Waals surface area contributed by atoms with Crippen LogP contribution >= 0.6 is 63.4 Å². The zero-order valence-corrected chi connectivity index (χ0v) is 36.5. The molecule has 0 N–H and O–H groups in total. The van der Waals surface area contributed by atoms with E-state index in [0.29, 0.717) is 23.5 Å². The number of allylic oxidation sites excluding steroid dienone is 4.